The number of H-pyrrole nitrogens is 1. The summed E-state index contributed by atoms with van der Waals surface area (Å²) in [7, 11) is 0. The van der Waals surface area contributed by atoms with Crippen molar-refractivity contribution in [3.63, 3.8) is 0 Å². The first-order valence-electron chi connectivity index (χ1n) is 5.54. The Morgan fingerprint density at radius 3 is 3.18 bits per heavy atom. The molecular weight excluding hydrogens is 220 g/mol. The smallest absolute Gasteiger partial charge is 0.356 e. The van der Waals surface area contributed by atoms with Crippen molar-refractivity contribution in [2.75, 3.05) is 0 Å². The first-order chi connectivity index (χ1) is 8.25. The molecule has 0 aliphatic heterocycles. The van der Waals surface area contributed by atoms with Gasteiger partial charge in [0.2, 0.25) is 0 Å². The Labute approximate surface area is 97.3 Å². The van der Waals surface area contributed by atoms with Gasteiger partial charge in [0, 0.05) is 23.7 Å². The molecule has 3 rings (SSSR count). The number of fused-ring (bicyclic) bond motifs is 1. The topological polar surface area (TPSA) is 83.8 Å². The second kappa shape index (κ2) is 3.73. The number of aromatic carboxylic acids is 1. The zero-order valence-electron chi connectivity index (χ0n) is 9.13. The Kier molecular flexibility index (Phi) is 2.21. The highest BCUT2D eigenvalue weighted by Crippen LogP contribution is 2.29. The minimum Gasteiger partial charge on any atom is -0.476 e. The molecule has 0 radical (unpaired) electrons. The van der Waals surface area contributed by atoms with Crippen molar-refractivity contribution < 1.29 is 9.90 Å². The Morgan fingerprint density at radius 1 is 1.59 bits per heavy atom. The van der Waals surface area contributed by atoms with Crippen LogP contribution in [-0.2, 0) is 12.8 Å². The molecule has 1 aliphatic carbocycles. The fourth-order valence-electron chi connectivity index (χ4n) is 2.38. The van der Waals surface area contributed by atoms with Crippen LogP contribution in [0.2, 0.25) is 0 Å². The number of carboxylic acid groups (broad SMARTS) is 1. The summed E-state index contributed by atoms with van der Waals surface area (Å²) in [4.78, 5) is 11.0. The Hall–Kier alpha value is -2.11. The van der Waals surface area contributed by atoms with Gasteiger partial charge in [-0.2, -0.15) is 10.2 Å². The Bertz CT molecular complexity index is 544. The number of carbonyl (C=O) groups is 1. The number of rotatable bonds is 2. The summed E-state index contributed by atoms with van der Waals surface area (Å²) in [5.74, 6) is -0.969. The molecule has 0 aromatic carbocycles. The van der Waals surface area contributed by atoms with E-state index in [1.807, 2.05) is 16.9 Å². The van der Waals surface area contributed by atoms with E-state index in [0.29, 0.717) is 6.42 Å². The van der Waals surface area contributed by atoms with Crippen molar-refractivity contribution in [2.24, 2.45) is 0 Å². The van der Waals surface area contributed by atoms with Gasteiger partial charge in [-0.3, -0.25) is 9.78 Å². The SMILES string of the molecule is O=C(O)c1n[nH]c2c1CC(n1cccn1)CC2. The highest BCUT2D eigenvalue weighted by Gasteiger charge is 2.27. The number of hydrogen-bond donors (Lipinski definition) is 2. The van der Waals surface area contributed by atoms with Crippen LogP contribution in [0.15, 0.2) is 18.5 Å². The first-order valence-corrected chi connectivity index (χ1v) is 5.54. The highest BCUT2D eigenvalue weighted by molar-refractivity contribution is 5.87. The maximum absolute atomic E-state index is 11.0. The fraction of sp³-hybridized carbons (Fsp3) is 0.364. The van der Waals surface area contributed by atoms with Crippen LogP contribution in [0.3, 0.4) is 0 Å². The van der Waals surface area contributed by atoms with Crippen LogP contribution < -0.4 is 0 Å². The minimum absolute atomic E-state index is 0.150. The van der Waals surface area contributed by atoms with Crippen LogP contribution in [0.4, 0.5) is 0 Å². The molecule has 6 nitrogen and oxygen atoms in total. The van der Waals surface area contributed by atoms with E-state index in [4.69, 9.17) is 5.11 Å². The lowest BCUT2D eigenvalue weighted by atomic mass is 9.91. The van der Waals surface area contributed by atoms with Crippen molar-refractivity contribution in [3.8, 4) is 0 Å². The minimum atomic E-state index is -0.969. The number of nitrogens with one attached hydrogen (secondary N) is 1. The van der Waals surface area contributed by atoms with Crippen LogP contribution in [0, 0.1) is 0 Å². The van der Waals surface area contributed by atoms with Gasteiger partial charge in [-0.25, -0.2) is 4.79 Å². The third-order valence-corrected chi connectivity index (χ3v) is 3.22. The lowest BCUT2D eigenvalue weighted by molar-refractivity contribution is 0.0689. The lowest BCUT2D eigenvalue weighted by Gasteiger charge is -2.22. The molecule has 0 spiro atoms. The van der Waals surface area contributed by atoms with Crippen LogP contribution in [0.5, 0.6) is 0 Å². The number of aromatic nitrogens is 4. The zero-order valence-corrected chi connectivity index (χ0v) is 9.13. The molecule has 0 fully saturated rings. The molecule has 2 aromatic rings. The van der Waals surface area contributed by atoms with Crippen molar-refractivity contribution in [1.82, 2.24) is 20.0 Å². The summed E-state index contributed by atoms with van der Waals surface area (Å²) in [5.41, 5.74) is 1.92. The average molecular weight is 232 g/mol. The Morgan fingerprint density at radius 2 is 2.47 bits per heavy atom. The van der Waals surface area contributed by atoms with E-state index >= 15 is 0 Å². The number of hydrogen-bond acceptors (Lipinski definition) is 3. The molecule has 6 heteroatoms. The van der Waals surface area contributed by atoms with Crippen LogP contribution in [0.1, 0.15) is 34.2 Å². The summed E-state index contributed by atoms with van der Waals surface area (Å²) in [6.45, 7) is 0. The second-order valence-corrected chi connectivity index (χ2v) is 4.22. The third kappa shape index (κ3) is 1.61. The van der Waals surface area contributed by atoms with Crippen LogP contribution >= 0.6 is 0 Å². The normalized spacial score (nSPS) is 18.9. The Balaban J connectivity index is 1.94. The van der Waals surface area contributed by atoms with Gasteiger partial charge in [-0.15, -0.1) is 0 Å². The number of nitrogens with zero attached hydrogens (tertiary/aromatic N) is 3. The molecule has 0 saturated heterocycles. The molecule has 0 bridgehead atoms. The van der Waals surface area contributed by atoms with E-state index in [9.17, 15) is 4.79 Å². The van der Waals surface area contributed by atoms with E-state index < -0.39 is 5.97 Å². The molecule has 2 aromatic heterocycles. The van der Waals surface area contributed by atoms with Crippen LogP contribution in [0.25, 0.3) is 0 Å². The number of aryl methyl sites for hydroxylation is 1. The van der Waals surface area contributed by atoms with Gasteiger partial charge in [0.25, 0.3) is 0 Å². The van der Waals surface area contributed by atoms with Crippen molar-refractivity contribution in [1.29, 1.82) is 0 Å². The molecule has 0 amide bonds. The molecule has 2 heterocycles. The van der Waals surface area contributed by atoms with Gasteiger partial charge < -0.3 is 5.11 Å². The molecular formula is C11H12N4O2. The van der Waals surface area contributed by atoms with Gasteiger partial charge in [-0.1, -0.05) is 0 Å². The van der Waals surface area contributed by atoms with Gasteiger partial charge in [0.05, 0.1) is 6.04 Å². The molecule has 1 aliphatic rings. The zero-order chi connectivity index (χ0) is 11.8. The summed E-state index contributed by atoms with van der Waals surface area (Å²) in [6, 6.07) is 2.11. The highest BCUT2D eigenvalue weighted by atomic mass is 16.4. The molecule has 0 saturated carbocycles. The van der Waals surface area contributed by atoms with E-state index in [1.165, 1.54) is 0 Å². The summed E-state index contributed by atoms with van der Waals surface area (Å²) < 4.78 is 1.89. The number of carboxylic acids is 1. The lowest BCUT2D eigenvalue weighted by Crippen LogP contribution is -2.20. The predicted octanol–water partition coefficient (Wildman–Crippen LogP) is 1.03. The van der Waals surface area contributed by atoms with Gasteiger partial charge in [0.1, 0.15) is 0 Å². The van der Waals surface area contributed by atoms with Crippen molar-refractivity contribution in [2.45, 2.75) is 25.3 Å². The maximum Gasteiger partial charge on any atom is 0.356 e. The third-order valence-electron chi connectivity index (χ3n) is 3.22. The van der Waals surface area contributed by atoms with Gasteiger partial charge in [-0.05, 0) is 25.3 Å². The van der Waals surface area contributed by atoms with E-state index in [0.717, 1.165) is 24.1 Å². The molecule has 17 heavy (non-hydrogen) atoms. The predicted molar refractivity (Wildman–Crippen MR) is 58.8 cm³/mol. The first kappa shape index (κ1) is 10.1. The van der Waals surface area contributed by atoms with Crippen molar-refractivity contribution in [3.05, 3.63) is 35.4 Å². The molecule has 1 atom stereocenters. The van der Waals surface area contributed by atoms with Crippen LogP contribution in [-0.4, -0.2) is 31.1 Å². The second-order valence-electron chi connectivity index (χ2n) is 4.22. The van der Waals surface area contributed by atoms with Crippen molar-refractivity contribution >= 4 is 5.97 Å². The maximum atomic E-state index is 11.0. The fourth-order valence-corrected chi connectivity index (χ4v) is 2.38. The quantitative estimate of drug-likeness (QED) is 0.810. The average Bonchev–Trinajstić information content (AvgIpc) is 2.97. The van der Waals surface area contributed by atoms with E-state index in [1.54, 1.807) is 6.20 Å². The van der Waals surface area contributed by atoms with Gasteiger partial charge >= 0.3 is 5.97 Å². The van der Waals surface area contributed by atoms with Gasteiger partial charge in [0.15, 0.2) is 5.69 Å². The largest absolute Gasteiger partial charge is 0.476 e. The van der Waals surface area contributed by atoms with E-state index in [2.05, 4.69) is 15.3 Å². The monoisotopic (exact) mass is 232 g/mol. The molecule has 2 N–H and O–H groups in total. The van der Waals surface area contributed by atoms with E-state index in [-0.39, 0.29) is 11.7 Å². The molecule has 88 valence electrons. The summed E-state index contributed by atoms with van der Waals surface area (Å²) in [5, 5.41) is 19.9. The molecule has 1 unspecified atom stereocenters. The summed E-state index contributed by atoms with van der Waals surface area (Å²) >= 11 is 0. The summed E-state index contributed by atoms with van der Waals surface area (Å²) in [6.07, 6.45) is 6.10. The standard InChI is InChI=1S/C11H12N4O2/c16-11(17)10-8-6-7(15-5-1-4-12-15)2-3-9(8)13-14-10/h1,4-5,7H,2-3,6H2,(H,13,14)(H,16,17). The number of aromatic amines is 1.